The first-order valence-electron chi connectivity index (χ1n) is 8.97. The number of aromatic nitrogens is 4. The number of benzene rings is 1. The Balaban J connectivity index is 1.73. The van der Waals surface area contributed by atoms with E-state index in [1.807, 2.05) is 56.8 Å². The Hall–Kier alpha value is -2.40. The molecule has 0 saturated heterocycles. The molecule has 2 N–H and O–H groups in total. The van der Waals surface area contributed by atoms with Crippen molar-refractivity contribution in [2.75, 3.05) is 0 Å². The number of aliphatic hydroxyl groups is 1. The molecule has 5 heteroatoms. The van der Waals surface area contributed by atoms with Crippen molar-refractivity contribution in [3.05, 3.63) is 59.9 Å². The second-order valence-electron chi connectivity index (χ2n) is 8.52. The van der Waals surface area contributed by atoms with E-state index in [1.165, 1.54) is 0 Å². The molecule has 5 nitrogen and oxygen atoms in total. The number of nitrogens with zero attached hydrogens (tertiary/aromatic N) is 3. The lowest BCUT2D eigenvalue weighted by molar-refractivity contribution is 0.0556. The highest BCUT2D eigenvalue weighted by Crippen LogP contribution is 2.28. The van der Waals surface area contributed by atoms with Crippen molar-refractivity contribution in [1.29, 1.82) is 0 Å². The van der Waals surface area contributed by atoms with Crippen LogP contribution in [0.15, 0.2) is 42.9 Å². The van der Waals surface area contributed by atoms with Gasteiger partial charge < -0.3 is 10.1 Å². The Labute approximate surface area is 155 Å². The maximum atomic E-state index is 11.0. The molecule has 0 aliphatic carbocycles. The van der Waals surface area contributed by atoms with Gasteiger partial charge in [0.25, 0.3) is 0 Å². The van der Waals surface area contributed by atoms with E-state index in [1.54, 1.807) is 4.68 Å². The van der Waals surface area contributed by atoms with Gasteiger partial charge in [0.15, 0.2) is 0 Å². The molecule has 1 aromatic carbocycles. The number of rotatable bonds is 5. The summed E-state index contributed by atoms with van der Waals surface area (Å²) < 4.78 is 1.78. The van der Waals surface area contributed by atoms with Gasteiger partial charge in [-0.05, 0) is 29.9 Å². The Bertz CT molecular complexity index is 866. The monoisotopic (exact) mass is 352 g/mol. The molecule has 0 bridgehead atoms. The topological polar surface area (TPSA) is 66.7 Å². The summed E-state index contributed by atoms with van der Waals surface area (Å²) in [4.78, 5) is 7.81. The zero-order valence-electron chi connectivity index (χ0n) is 16.2. The van der Waals surface area contributed by atoms with E-state index in [4.69, 9.17) is 0 Å². The van der Waals surface area contributed by atoms with Gasteiger partial charge in [0, 0.05) is 37.1 Å². The second kappa shape index (κ2) is 6.72. The summed E-state index contributed by atoms with van der Waals surface area (Å²) in [6.45, 7) is 8.44. The van der Waals surface area contributed by atoms with E-state index in [2.05, 4.69) is 35.8 Å². The average Bonchev–Trinajstić information content (AvgIpc) is 3.14. The smallest absolute Gasteiger partial charge is 0.109 e. The molecule has 2 aromatic heterocycles. The van der Waals surface area contributed by atoms with Gasteiger partial charge in [-0.2, -0.15) is 5.10 Å². The first-order chi connectivity index (χ1) is 12.1. The van der Waals surface area contributed by atoms with Crippen LogP contribution in [0.2, 0.25) is 0 Å². The van der Waals surface area contributed by atoms with Crippen LogP contribution in [0.3, 0.4) is 0 Å². The maximum Gasteiger partial charge on any atom is 0.109 e. The number of nitrogens with one attached hydrogen (secondary N) is 1. The molecule has 0 amide bonds. The van der Waals surface area contributed by atoms with Gasteiger partial charge in [0.05, 0.1) is 11.8 Å². The predicted molar refractivity (Wildman–Crippen MR) is 104 cm³/mol. The van der Waals surface area contributed by atoms with E-state index in [9.17, 15) is 5.11 Å². The fraction of sp³-hybridized carbons (Fsp3) is 0.429. The van der Waals surface area contributed by atoms with Gasteiger partial charge in [-0.1, -0.05) is 45.0 Å². The number of aryl methyl sites for hydroxylation is 1. The summed E-state index contributed by atoms with van der Waals surface area (Å²) >= 11 is 0. The van der Waals surface area contributed by atoms with E-state index in [0.29, 0.717) is 6.42 Å². The van der Waals surface area contributed by atoms with Crippen molar-refractivity contribution in [2.24, 2.45) is 12.5 Å². The van der Waals surface area contributed by atoms with Gasteiger partial charge in [-0.3, -0.25) is 4.68 Å². The SMILES string of the molecule is Cn1cc(-c2ccc(C(C)(O)Cc3ncc(CC(C)(C)C)[nH]3)cc2)cn1. The minimum atomic E-state index is -0.982. The number of aromatic amines is 1. The van der Waals surface area contributed by atoms with Crippen LogP contribution in [-0.2, 0) is 25.5 Å². The first-order valence-corrected chi connectivity index (χ1v) is 8.97. The van der Waals surface area contributed by atoms with Crippen molar-refractivity contribution in [2.45, 2.75) is 46.1 Å². The molecule has 0 aliphatic rings. The highest BCUT2D eigenvalue weighted by atomic mass is 16.3. The normalized spacial score (nSPS) is 14.4. The highest BCUT2D eigenvalue weighted by Gasteiger charge is 2.25. The summed E-state index contributed by atoms with van der Waals surface area (Å²) in [5.41, 5.74) is 3.35. The third-order valence-electron chi connectivity index (χ3n) is 4.46. The minimum absolute atomic E-state index is 0.203. The molecule has 1 unspecified atom stereocenters. The lowest BCUT2D eigenvalue weighted by Crippen LogP contribution is -2.25. The van der Waals surface area contributed by atoms with Crippen molar-refractivity contribution in [3.8, 4) is 11.1 Å². The molecular weight excluding hydrogens is 324 g/mol. The second-order valence-corrected chi connectivity index (χ2v) is 8.52. The Morgan fingerprint density at radius 3 is 2.27 bits per heavy atom. The minimum Gasteiger partial charge on any atom is -0.385 e. The largest absolute Gasteiger partial charge is 0.385 e. The standard InChI is InChI=1S/C21H28N4O/c1-20(2,3)10-18-13-22-19(24-18)11-21(4,26)17-8-6-15(7-9-17)16-12-23-25(5)14-16/h6-9,12-14,26H,10-11H2,1-5H3,(H,22,24). The molecule has 138 valence electrons. The molecular formula is C21H28N4O. The molecule has 0 saturated carbocycles. The van der Waals surface area contributed by atoms with Crippen LogP contribution >= 0.6 is 0 Å². The van der Waals surface area contributed by atoms with Crippen molar-refractivity contribution >= 4 is 0 Å². The maximum absolute atomic E-state index is 11.0. The number of hydrogen-bond acceptors (Lipinski definition) is 3. The summed E-state index contributed by atoms with van der Waals surface area (Å²) in [5.74, 6) is 0.811. The third kappa shape index (κ3) is 4.41. The van der Waals surface area contributed by atoms with Crippen LogP contribution in [-0.4, -0.2) is 24.9 Å². The number of H-pyrrole nitrogens is 1. The van der Waals surface area contributed by atoms with Crippen LogP contribution in [0, 0.1) is 5.41 Å². The zero-order chi connectivity index (χ0) is 18.9. The molecule has 0 fully saturated rings. The Morgan fingerprint density at radius 1 is 1.00 bits per heavy atom. The van der Waals surface area contributed by atoms with Gasteiger partial charge in [-0.15, -0.1) is 0 Å². The van der Waals surface area contributed by atoms with E-state index in [0.717, 1.165) is 34.6 Å². The van der Waals surface area contributed by atoms with Crippen LogP contribution in [0.5, 0.6) is 0 Å². The summed E-state index contributed by atoms with van der Waals surface area (Å²) in [7, 11) is 1.90. The van der Waals surface area contributed by atoms with Crippen LogP contribution < -0.4 is 0 Å². The fourth-order valence-electron chi connectivity index (χ4n) is 3.18. The number of imidazole rings is 1. The third-order valence-corrected chi connectivity index (χ3v) is 4.46. The molecule has 0 aliphatic heterocycles. The average molecular weight is 352 g/mol. The van der Waals surface area contributed by atoms with E-state index < -0.39 is 5.60 Å². The van der Waals surface area contributed by atoms with Crippen LogP contribution in [0.4, 0.5) is 0 Å². The Kier molecular flexibility index (Phi) is 4.76. The van der Waals surface area contributed by atoms with Crippen molar-refractivity contribution in [1.82, 2.24) is 19.7 Å². The first kappa shape index (κ1) is 18.4. The molecule has 0 radical (unpaired) electrons. The number of hydrogen-bond donors (Lipinski definition) is 2. The lowest BCUT2D eigenvalue weighted by atomic mass is 9.90. The zero-order valence-corrected chi connectivity index (χ0v) is 16.2. The van der Waals surface area contributed by atoms with E-state index >= 15 is 0 Å². The summed E-state index contributed by atoms with van der Waals surface area (Å²) in [6, 6.07) is 7.99. The summed E-state index contributed by atoms with van der Waals surface area (Å²) in [6.07, 6.45) is 7.08. The van der Waals surface area contributed by atoms with Gasteiger partial charge in [-0.25, -0.2) is 4.98 Å². The molecule has 1 atom stereocenters. The van der Waals surface area contributed by atoms with Crippen LogP contribution in [0.25, 0.3) is 11.1 Å². The molecule has 3 aromatic rings. The fourth-order valence-corrected chi connectivity index (χ4v) is 3.18. The van der Waals surface area contributed by atoms with E-state index in [-0.39, 0.29) is 5.41 Å². The molecule has 3 rings (SSSR count). The Morgan fingerprint density at radius 2 is 1.69 bits per heavy atom. The van der Waals surface area contributed by atoms with Gasteiger partial charge in [0.2, 0.25) is 0 Å². The lowest BCUT2D eigenvalue weighted by Gasteiger charge is -2.23. The van der Waals surface area contributed by atoms with Crippen molar-refractivity contribution < 1.29 is 5.11 Å². The highest BCUT2D eigenvalue weighted by molar-refractivity contribution is 5.62. The van der Waals surface area contributed by atoms with Crippen molar-refractivity contribution in [3.63, 3.8) is 0 Å². The molecule has 0 spiro atoms. The van der Waals surface area contributed by atoms with Gasteiger partial charge in [0.1, 0.15) is 5.82 Å². The molecule has 26 heavy (non-hydrogen) atoms. The van der Waals surface area contributed by atoms with Crippen LogP contribution in [0.1, 0.15) is 44.8 Å². The molecule has 2 heterocycles. The quantitative estimate of drug-likeness (QED) is 0.733. The predicted octanol–water partition coefficient (Wildman–Crippen LogP) is 3.85. The summed E-state index contributed by atoms with van der Waals surface area (Å²) in [5, 5.41) is 15.2. The van der Waals surface area contributed by atoms with Gasteiger partial charge >= 0.3 is 0 Å².